The number of nitrogens with two attached hydrogens (primary N) is 1. The molecule has 0 bridgehead atoms. The Morgan fingerprint density at radius 3 is 2.56 bits per heavy atom. The van der Waals surface area contributed by atoms with Gasteiger partial charge in [0.15, 0.2) is 0 Å². The zero-order valence-corrected chi connectivity index (χ0v) is 10.8. The van der Waals surface area contributed by atoms with Crippen LogP contribution in [0.25, 0.3) is 11.1 Å². The average Bonchev–Trinajstić information content (AvgIpc) is 2.82. The van der Waals surface area contributed by atoms with Crippen molar-refractivity contribution in [1.29, 1.82) is 0 Å². The van der Waals surface area contributed by atoms with Crippen LogP contribution in [-0.4, -0.2) is 12.6 Å². The molecule has 1 aliphatic rings. The largest absolute Gasteiger partial charge is 0.488 e. The molecule has 0 saturated carbocycles. The van der Waals surface area contributed by atoms with E-state index in [1.807, 2.05) is 18.2 Å². The van der Waals surface area contributed by atoms with Gasteiger partial charge in [0, 0.05) is 18.5 Å². The van der Waals surface area contributed by atoms with Gasteiger partial charge in [0.05, 0.1) is 0 Å². The molecule has 3 rings (SSSR count). The van der Waals surface area contributed by atoms with Gasteiger partial charge >= 0.3 is 0 Å². The Hall–Kier alpha value is -1.51. The van der Waals surface area contributed by atoms with Crippen LogP contribution < -0.4 is 10.5 Å². The molecule has 1 aliphatic heterocycles. The number of hydrogen-bond acceptors (Lipinski definition) is 2. The molecule has 3 heteroatoms. The second-order valence-corrected chi connectivity index (χ2v) is 4.34. The molecule has 1 atom stereocenters. The van der Waals surface area contributed by atoms with Gasteiger partial charge in [0.25, 0.3) is 0 Å². The smallest absolute Gasteiger partial charge is 0.130 e. The van der Waals surface area contributed by atoms with E-state index in [-0.39, 0.29) is 18.5 Å². The summed E-state index contributed by atoms with van der Waals surface area (Å²) >= 11 is 0. The summed E-state index contributed by atoms with van der Waals surface area (Å²) in [5.74, 6) is 1.01. The summed E-state index contributed by atoms with van der Waals surface area (Å²) in [4.78, 5) is 0. The highest BCUT2D eigenvalue weighted by molar-refractivity contribution is 5.85. The fourth-order valence-electron chi connectivity index (χ4n) is 2.31. The summed E-state index contributed by atoms with van der Waals surface area (Å²) in [7, 11) is 0. The lowest BCUT2D eigenvalue weighted by atomic mass is 10.0. The highest BCUT2D eigenvalue weighted by atomic mass is 35.5. The van der Waals surface area contributed by atoms with E-state index in [0.29, 0.717) is 6.54 Å². The molecule has 18 heavy (non-hydrogen) atoms. The summed E-state index contributed by atoms with van der Waals surface area (Å²) < 4.78 is 5.92. The van der Waals surface area contributed by atoms with Gasteiger partial charge in [0.2, 0.25) is 0 Å². The first-order chi connectivity index (χ1) is 8.38. The third kappa shape index (κ3) is 2.22. The van der Waals surface area contributed by atoms with Crippen LogP contribution in [-0.2, 0) is 6.42 Å². The van der Waals surface area contributed by atoms with E-state index < -0.39 is 0 Å². The van der Waals surface area contributed by atoms with Crippen molar-refractivity contribution in [3.63, 3.8) is 0 Å². The van der Waals surface area contributed by atoms with Crippen molar-refractivity contribution in [1.82, 2.24) is 0 Å². The highest BCUT2D eigenvalue weighted by Gasteiger charge is 2.24. The van der Waals surface area contributed by atoms with E-state index in [9.17, 15) is 0 Å². The number of fused-ring (bicyclic) bond motifs is 1. The minimum absolute atomic E-state index is 0. The van der Waals surface area contributed by atoms with Crippen molar-refractivity contribution in [2.24, 2.45) is 5.73 Å². The van der Waals surface area contributed by atoms with Gasteiger partial charge in [-0.05, 0) is 11.1 Å². The predicted molar refractivity (Wildman–Crippen MR) is 76.3 cm³/mol. The first-order valence-corrected chi connectivity index (χ1v) is 5.92. The molecule has 0 fully saturated rings. The normalized spacial score (nSPS) is 16.6. The predicted octanol–water partition coefficient (Wildman–Crippen LogP) is 3.04. The first-order valence-electron chi connectivity index (χ1n) is 5.92. The minimum Gasteiger partial charge on any atom is -0.488 e. The van der Waals surface area contributed by atoms with Gasteiger partial charge in [-0.25, -0.2) is 0 Å². The SMILES string of the molecule is Cl.NCC1Cc2cccc(-c3ccccc3)c2O1. The highest BCUT2D eigenvalue weighted by Crippen LogP contribution is 2.38. The molecule has 1 unspecified atom stereocenters. The summed E-state index contributed by atoms with van der Waals surface area (Å²) in [6.07, 6.45) is 1.06. The van der Waals surface area contributed by atoms with Gasteiger partial charge in [0.1, 0.15) is 11.9 Å². The van der Waals surface area contributed by atoms with E-state index in [0.717, 1.165) is 12.2 Å². The number of benzene rings is 2. The molecular formula is C15H16ClNO. The molecule has 0 aromatic heterocycles. The average molecular weight is 262 g/mol. The van der Waals surface area contributed by atoms with Crippen LogP contribution in [0, 0.1) is 0 Å². The van der Waals surface area contributed by atoms with Crippen molar-refractivity contribution >= 4 is 12.4 Å². The molecule has 0 radical (unpaired) electrons. The molecular weight excluding hydrogens is 246 g/mol. The van der Waals surface area contributed by atoms with Crippen LogP contribution in [0.2, 0.25) is 0 Å². The molecule has 2 N–H and O–H groups in total. The van der Waals surface area contributed by atoms with E-state index in [4.69, 9.17) is 10.5 Å². The fourth-order valence-corrected chi connectivity index (χ4v) is 2.31. The lowest BCUT2D eigenvalue weighted by Gasteiger charge is -2.10. The van der Waals surface area contributed by atoms with E-state index >= 15 is 0 Å². The third-order valence-electron chi connectivity index (χ3n) is 3.18. The maximum atomic E-state index is 5.92. The number of rotatable bonds is 2. The Balaban J connectivity index is 0.00000120. The summed E-state index contributed by atoms with van der Waals surface area (Å²) in [6, 6.07) is 16.6. The number of halogens is 1. The lowest BCUT2D eigenvalue weighted by molar-refractivity contribution is 0.242. The fraction of sp³-hybridized carbons (Fsp3) is 0.200. The second kappa shape index (κ2) is 5.42. The second-order valence-electron chi connectivity index (χ2n) is 4.34. The van der Waals surface area contributed by atoms with Crippen molar-refractivity contribution in [3.05, 3.63) is 54.1 Å². The molecule has 0 aliphatic carbocycles. The van der Waals surface area contributed by atoms with Crippen LogP contribution in [0.1, 0.15) is 5.56 Å². The third-order valence-corrected chi connectivity index (χ3v) is 3.18. The Bertz CT molecular complexity index is 527. The van der Waals surface area contributed by atoms with Crippen LogP contribution in [0.15, 0.2) is 48.5 Å². The summed E-state index contributed by atoms with van der Waals surface area (Å²) in [5, 5.41) is 0. The zero-order valence-electron chi connectivity index (χ0n) is 10.0. The monoisotopic (exact) mass is 261 g/mol. The molecule has 2 aromatic rings. The van der Waals surface area contributed by atoms with E-state index in [1.165, 1.54) is 16.7 Å². The van der Waals surface area contributed by atoms with Crippen molar-refractivity contribution in [2.75, 3.05) is 6.54 Å². The summed E-state index contributed by atoms with van der Waals surface area (Å²) in [6.45, 7) is 0.572. The topological polar surface area (TPSA) is 35.2 Å². The first kappa shape index (κ1) is 12.9. The lowest BCUT2D eigenvalue weighted by Crippen LogP contribution is -2.24. The Morgan fingerprint density at radius 1 is 1.06 bits per heavy atom. The molecule has 2 aromatic carbocycles. The standard InChI is InChI=1S/C15H15NO.ClH/c16-10-13-9-12-7-4-8-14(15(12)17-13)11-5-2-1-3-6-11;/h1-8,13H,9-10,16H2;1H. The molecule has 94 valence electrons. The number of para-hydroxylation sites is 1. The Kier molecular flexibility index (Phi) is 3.90. The number of ether oxygens (including phenoxy) is 1. The van der Waals surface area contributed by atoms with Gasteiger partial charge < -0.3 is 10.5 Å². The van der Waals surface area contributed by atoms with Crippen LogP contribution in [0.3, 0.4) is 0 Å². The van der Waals surface area contributed by atoms with Gasteiger partial charge in [-0.2, -0.15) is 0 Å². The summed E-state index contributed by atoms with van der Waals surface area (Å²) in [5.41, 5.74) is 9.30. The Morgan fingerprint density at radius 2 is 1.83 bits per heavy atom. The molecule has 0 amide bonds. The van der Waals surface area contributed by atoms with Gasteiger partial charge in [-0.3, -0.25) is 0 Å². The Labute approximate surface area is 113 Å². The molecule has 1 heterocycles. The van der Waals surface area contributed by atoms with Crippen LogP contribution in [0.4, 0.5) is 0 Å². The molecule has 2 nitrogen and oxygen atoms in total. The van der Waals surface area contributed by atoms with E-state index in [2.05, 4.69) is 30.3 Å². The molecule has 0 saturated heterocycles. The van der Waals surface area contributed by atoms with Crippen molar-refractivity contribution < 1.29 is 4.74 Å². The van der Waals surface area contributed by atoms with Crippen molar-refractivity contribution in [3.8, 4) is 16.9 Å². The molecule has 0 spiro atoms. The van der Waals surface area contributed by atoms with Gasteiger partial charge in [-0.1, -0.05) is 48.5 Å². The minimum atomic E-state index is 0. The van der Waals surface area contributed by atoms with Crippen LogP contribution >= 0.6 is 12.4 Å². The van der Waals surface area contributed by atoms with Gasteiger partial charge in [-0.15, -0.1) is 12.4 Å². The van der Waals surface area contributed by atoms with Crippen LogP contribution in [0.5, 0.6) is 5.75 Å². The zero-order chi connectivity index (χ0) is 11.7. The maximum Gasteiger partial charge on any atom is 0.130 e. The maximum absolute atomic E-state index is 5.92. The van der Waals surface area contributed by atoms with Crippen molar-refractivity contribution in [2.45, 2.75) is 12.5 Å². The number of hydrogen-bond donors (Lipinski definition) is 1. The van der Waals surface area contributed by atoms with E-state index in [1.54, 1.807) is 0 Å². The quantitative estimate of drug-likeness (QED) is 0.902.